The van der Waals surface area contributed by atoms with Crippen LogP contribution in [-0.2, 0) is 9.53 Å². The van der Waals surface area contributed by atoms with E-state index in [1.807, 2.05) is 6.07 Å². The second-order valence-corrected chi connectivity index (χ2v) is 3.79. The molecule has 0 aliphatic rings. The summed E-state index contributed by atoms with van der Waals surface area (Å²) in [6.07, 6.45) is 7.68. The maximum Gasteiger partial charge on any atom is 0.348 e. The van der Waals surface area contributed by atoms with Gasteiger partial charge in [-0.2, -0.15) is 5.26 Å². The Balaban J connectivity index is 3.86. The largest absolute Gasteiger partial charge is 0.465 e. The Bertz CT molecular complexity index is 317. The van der Waals surface area contributed by atoms with Crippen LogP contribution in [-0.4, -0.2) is 13.1 Å². The topological polar surface area (TPSA) is 50.1 Å². The van der Waals surface area contributed by atoms with E-state index >= 15 is 0 Å². The van der Waals surface area contributed by atoms with E-state index in [-0.39, 0.29) is 5.57 Å². The summed E-state index contributed by atoms with van der Waals surface area (Å²) in [6, 6.07) is 1.84. The number of unbranched alkanes of at least 4 members (excludes halogenated alkanes) is 3. The maximum atomic E-state index is 11.0. The van der Waals surface area contributed by atoms with Crippen LogP contribution in [0.4, 0.5) is 0 Å². The molecule has 3 heteroatoms. The fraction of sp³-hybridized carbons (Fsp3) is 0.538. The second kappa shape index (κ2) is 8.72. The maximum absolute atomic E-state index is 11.0. The fourth-order valence-electron chi connectivity index (χ4n) is 1.21. The van der Waals surface area contributed by atoms with Crippen LogP contribution in [0.5, 0.6) is 0 Å². The first kappa shape index (κ1) is 14.4. The minimum atomic E-state index is -0.549. The first-order valence-corrected chi connectivity index (χ1v) is 5.43. The van der Waals surface area contributed by atoms with Gasteiger partial charge in [0, 0.05) is 0 Å². The molecule has 0 N–H and O–H groups in total. The van der Waals surface area contributed by atoms with Crippen LogP contribution in [0.3, 0.4) is 0 Å². The molecule has 16 heavy (non-hydrogen) atoms. The van der Waals surface area contributed by atoms with Crippen molar-refractivity contribution in [2.75, 3.05) is 7.11 Å². The summed E-state index contributed by atoms with van der Waals surface area (Å²) >= 11 is 0. The summed E-state index contributed by atoms with van der Waals surface area (Å²) in [6.45, 7) is 4.15. The van der Waals surface area contributed by atoms with Crippen LogP contribution < -0.4 is 0 Å². The van der Waals surface area contributed by atoms with Crippen LogP contribution >= 0.6 is 0 Å². The molecule has 0 aromatic heterocycles. The third kappa shape index (κ3) is 6.83. The monoisotopic (exact) mass is 221 g/mol. The molecule has 0 aromatic carbocycles. The summed E-state index contributed by atoms with van der Waals surface area (Å²) in [7, 11) is 1.28. The molecule has 0 aromatic rings. The van der Waals surface area contributed by atoms with Crippen LogP contribution in [0.15, 0.2) is 23.3 Å². The van der Waals surface area contributed by atoms with Crippen molar-refractivity contribution >= 4 is 5.97 Å². The van der Waals surface area contributed by atoms with Crippen LogP contribution in [0.25, 0.3) is 0 Å². The first-order chi connectivity index (χ1) is 7.61. The third-order valence-corrected chi connectivity index (χ3v) is 2.09. The van der Waals surface area contributed by atoms with Gasteiger partial charge in [-0.25, -0.2) is 4.79 Å². The third-order valence-electron chi connectivity index (χ3n) is 2.09. The minimum absolute atomic E-state index is 0.102. The standard InChI is InChI=1S/C13H19NO2/c1-11(2)8-6-4-5-7-9-12(10-14)13(15)16-3/h8-9H,4-7H2,1-3H3. The molecule has 0 amide bonds. The van der Waals surface area contributed by atoms with Gasteiger partial charge in [0.1, 0.15) is 11.6 Å². The molecular formula is C13H19NO2. The summed E-state index contributed by atoms with van der Waals surface area (Å²) in [5, 5.41) is 8.67. The van der Waals surface area contributed by atoms with Crippen molar-refractivity contribution in [2.24, 2.45) is 0 Å². The summed E-state index contributed by atoms with van der Waals surface area (Å²) in [5.41, 5.74) is 1.42. The highest BCUT2D eigenvalue weighted by Crippen LogP contribution is 2.06. The van der Waals surface area contributed by atoms with Gasteiger partial charge in [0.05, 0.1) is 7.11 Å². The zero-order valence-corrected chi connectivity index (χ0v) is 10.2. The van der Waals surface area contributed by atoms with E-state index in [1.54, 1.807) is 6.08 Å². The Morgan fingerprint density at radius 3 is 2.25 bits per heavy atom. The van der Waals surface area contributed by atoms with Gasteiger partial charge in [0.2, 0.25) is 0 Å². The zero-order chi connectivity index (χ0) is 12.4. The summed E-state index contributed by atoms with van der Waals surface area (Å²) in [4.78, 5) is 11.0. The van der Waals surface area contributed by atoms with Gasteiger partial charge in [-0.3, -0.25) is 0 Å². The number of hydrogen-bond donors (Lipinski definition) is 0. The van der Waals surface area contributed by atoms with Gasteiger partial charge in [0.25, 0.3) is 0 Å². The lowest BCUT2D eigenvalue weighted by Gasteiger charge is -1.97. The lowest BCUT2D eigenvalue weighted by atomic mass is 10.1. The molecule has 3 nitrogen and oxygen atoms in total. The Morgan fingerprint density at radius 2 is 1.81 bits per heavy atom. The lowest BCUT2D eigenvalue weighted by molar-refractivity contribution is -0.135. The average Bonchev–Trinajstić information content (AvgIpc) is 2.27. The van der Waals surface area contributed by atoms with Crippen molar-refractivity contribution in [3.63, 3.8) is 0 Å². The van der Waals surface area contributed by atoms with E-state index in [1.165, 1.54) is 12.7 Å². The van der Waals surface area contributed by atoms with Gasteiger partial charge < -0.3 is 4.74 Å². The molecule has 0 radical (unpaired) electrons. The molecule has 0 spiro atoms. The van der Waals surface area contributed by atoms with Crippen molar-refractivity contribution in [3.8, 4) is 6.07 Å². The average molecular weight is 221 g/mol. The van der Waals surface area contributed by atoms with Crippen molar-refractivity contribution in [1.82, 2.24) is 0 Å². The van der Waals surface area contributed by atoms with Gasteiger partial charge in [0.15, 0.2) is 0 Å². The Hall–Kier alpha value is -1.56. The summed E-state index contributed by atoms with van der Waals surface area (Å²) < 4.78 is 4.47. The molecule has 0 aliphatic heterocycles. The highest BCUT2D eigenvalue weighted by molar-refractivity contribution is 5.92. The SMILES string of the molecule is COC(=O)C(C#N)=CCCCCC=C(C)C. The zero-order valence-electron chi connectivity index (χ0n) is 10.2. The minimum Gasteiger partial charge on any atom is -0.465 e. The van der Waals surface area contributed by atoms with Crippen LogP contribution in [0, 0.1) is 11.3 Å². The number of esters is 1. The van der Waals surface area contributed by atoms with Crippen LogP contribution in [0.2, 0.25) is 0 Å². The molecule has 0 bridgehead atoms. The molecular weight excluding hydrogens is 202 g/mol. The quantitative estimate of drug-likeness (QED) is 0.227. The van der Waals surface area contributed by atoms with E-state index < -0.39 is 5.97 Å². The predicted molar refractivity (Wildman–Crippen MR) is 63.6 cm³/mol. The number of rotatable bonds is 6. The molecule has 0 aliphatic carbocycles. The molecule has 0 fully saturated rings. The molecule has 0 saturated heterocycles. The summed E-state index contributed by atoms with van der Waals surface area (Å²) in [5.74, 6) is -0.549. The van der Waals surface area contributed by atoms with E-state index in [4.69, 9.17) is 5.26 Å². The number of carbonyl (C=O) groups excluding carboxylic acids is 1. The van der Waals surface area contributed by atoms with Gasteiger partial charge in [-0.05, 0) is 39.5 Å². The van der Waals surface area contributed by atoms with Crippen molar-refractivity contribution < 1.29 is 9.53 Å². The van der Waals surface area contributed by atoms with Crippen molar-refractivity contribution in [3.05, 3.63) is 23.3 Å². The van der Waals surface area contributed by atoms with Crippen molar-refractivity contribution in [2.45, 2.75) is 39.5 Å². The molecule has 0 heterocycles. The number of nitrogens with zero attached hydrogens (tertiary/aromatic N) is 1. The molecule has 0 unspecified atom stereocenters. The molecule has 0 atom stereocenters. The van der Waals surface area contributed by atoms with Gasteiger partial charge in [-0.1, -0.05) is 17.7 Å². The number of carbonyl (C=O) groups is 1. The molecule has 88 valence electrons. The molecule has 0 saturated carbocycles. The smallest absolute Gasteiger partial charge is 0.348 e. The number of nitriles is 1. The van der Waals surface area contributed by atoms with Crippen molar-refractivity contribution in [1.29, 1.82) is 5.26 Å². The lowest BCUT2D eigenvalue weighted by Crippen LogP contribution is -2.02. The Morgan fingerprint density at radius 1 is 1.25 bits per heavy atom. The first-order valence-electron chi connectivity index (χ1n) is 5.43. The Kier molecular flexibility index (Phi) is 7.87. The van der Waals surface area contributed by atoms with E-state index in [0.29, 0.717) is 0 Å². The van der Waals surface area contributed by atoms with E-state index in [2.05, 4.69) is 24.7 Å². The van der Waals surface area contributed by atoms with E-state index in [9.17, 15) is 4.79 Å². The van der Waals surface area contributed by atoms with Gasteiger partial charge >= 0.3 is 5.97 Å². The fourth-order valence-corrected chi connectivity index (χ4v) is 1.21. The van der Waals surface area contributed by atoms with E-state index in [0.717, 1.165) is 25.7 Å². The number of allylic oxidation sites excluding steroid dienone is 3. The number of hydrogen-bond acceptors (Lipinski definition) is 3. The Labute approximate surface area is 97.4 Å². The van der Waals surface area contributed by atoms with Crippen LogP contribution in [0.1, 0.15) is 39.5 Å². The second-order valence-electron chi connectivity index (χ2n) is 3.79. The number of methoxy groups -OCH3 is 1. The number of ether oxygens (including phenoxy) is 1. The normalized spacial score (nSPS) is 10.5. The predicted octanol–water partition coefficient (Wildman–Crippen LogP) is 3.14. The highest BCUT2D eigenvalue weighted by atomic mass is 16.5. The van der Waals surface area contributed by atoms with Gasteiger partial charge in [-0.15, -0.1) is 0 Å². The highest BCUT2D eigenvalue weighted by Gasteiger charge is 2.06. The molecule has 0 rings (SSSR count).